The summed E-state index contributed by atoms with van der Waals surface area (Å²) in [6.45, 7) is 0. The van der Waals surface area contributed by atoms with Gasteiger partial charge in [-0.2, -0.15) is 0 Å². The van der Waals surface area contributed by atoms with E-state index in [-0.39, 0.29) is 6.42 Å². The number of aliphatic hydroxyl groups is 2. The van der Waals surface area contributed by atoms with E-state index in [4.69, 9.17) is 5.11 Å². The molecule has 0 unspecified atom stereocenters. The van der Waals surface area contributed by atoms with E-state index in [2.05, 4.69) is 4.98 Å². The Morgan fingerprint density at radius 2 is 1.75 bits per heavy atom. The molecule has 9 nitrogen and oxygen atoms in total. The van der Waals surface area contributed by atoms with Crippen LogP contribution >= 0.6 is 0 Å². The number of hydrogen-bond donors (Lipinski definition) is 4. The Bertz CT molecular complexity index is 770. The Balaban J connectivity index is 2.14. The van der Waals surface area contributed by atoms with E-state index in [9.17, 15) is 29.7 Å². The van der Waals surface area contributed by atoms with Gasteiger partial charge in [0.25, 0.3) is 5.91 Å². The molecule has 0 radical (unpaired) electrons. The van der Waals surface area contributed by atoms with Gasteiger partial charge in [-0.25, -0.2) is 0 Å². The summed E-state index contributed by atoms with van der Waals surface area (Å²) in [4.78, 5) is 36.3. The number of nitrogens with one attached hydrogen (secondary N) is 2. The van der Waals surface area contributed by atoms with Gasteiger partial charge in [0.15, 0.2) is 6.10 Å². The molecule has 0 saturated heterocycles. The van der Waals surface area contributed by atoms with Crippen LogP contribution in [-0.2, 0) is 20.8 Å². The summed E-state index contributed by atoms with van der Waals surface area (Å²) in [7, 11) is 0. The molecule has 0 aliphatic rings. The highest BCUT2D eigenvalue weighted by atomic mass is 16.4. The molecule has 3 atom stereocenters. The quantitative estimate of drug-likeness (QED) is 0.406. The summed E-state index contributed by atoms with van der Waals surface area (Å²) < 4.78 is 0. The van der Waals surface area contributed by atoms with E-state index in [1.165, 1.54) is 0 Å². The van der Waals surface area contributed by atoms with Crippen LogP contribution in [0.15, 0.2) is 30.5 Å². The molecule has 0 aliphatic carbocycles. The number of hydrogen-bond acceptors (Lipinski definition) is 7. The van der Waals surface area contributed by atoms with Crippen molar-refractivity contribution >= 4 is 28.7 Å². The molecular formula is C15H14N2O7-2. The van der Waals surface area contributed by atoms with Gasteiger partial charge in [0, 0.05) is 23.5 Å². The van der Waals surface area contributed by atoms with Gasteiger partial charge in [0.05, 0.1) is 18.0 Å². The number of carboxylic acids is 2. The largest absolute Gasteiger partial charge is 0.548 e. The van der Waals surface area contributed by atoms with Gasteiger partial charge in [-0.3, -0.25) is 4.79 Å². The number of amides is 1. The molecule has 0 fully saturated rings. The van der Waals surface area contributed by atoms with Gasteiger partial charge in [-0.05, 0) is 11.6 Å². The maximum atomic E-state index is 11.7. The number of carbonyl (C=O) groups excluding carboxylic acids is 3. The summed E-state index contributed by atoms with van der Waals surface area (Å²) in [6, 6.07) is 5.56. The number of carboxylic acid groups (broad SMARTS) is 2. The minimum absolute atomic E-state index is 0.160. The average molecular weight is 334 g/mol. The molecule has 0 aliphatic heterocycles. The second-order valence-electron chi connectivity index (χ2n) is 5.15. The van der Waals surface area contributed by atoms with Gasteiger partial charge < -0.3 is 40.3 Å². The first kappa shape index (κ1) is 17.4. The van der Waals surface area contributed by atoms with E-state index >= 15 is 0 Å². The van der Waals surface area contributed by atoms with Crippen LogP contribution in [0, 0.1) is 0 Å². The van der Waals surface area contributed by atoms with Crippen molar-refractivity contribution in [3.05, 3.63) is 36.0 Å². The highest BCUT2D eigenvalue weighted by Crippen LogP contribution is 2.19. The minimum Gasteiger partial charge on any atom is -0.548 e. The maximum Gasteiger partial charge on any atom is 0.252 e. The van der Waals surface area contributed by atoms with Crippen molar-refractivity contribution in [2.45, 2.75) is 24.7 Å². The van der Waals surface area contributed by atoms with Crippen LogP contribution in [0.2, 0.25) is 0 Å². The lowest BCUT2D eigenvalue weighted by Gasteiger charge is -2.23. The molecule has 1 aromatic heterocycles. The number of H-pyrrole nitrogens is 1. The summed E-state index contributed by atoms with van der Waals surface area (Å²) in [6.07, 6.45) is -3.42. The Morgan fingerprint density at radius 3 is 2.38 bits per heavy atom. The smallest absolute Gasteiger partial charge is 0.252 e. The Hall–Kier alpha value is -2.91. The van der Waals surface area contributed by atoms with Crippen LogP contribution < -0.4 is 15.5 Å². The van der Waals surface area contributed by atoms with E-state index in [1.54, 1.807) is 30.5 Å². The third kappa shape index (κ3) is 3.70. The predicted molar refractivity (Wildman–Crippen MR) is 76.0 cm³/mol. The van der Waals surface area contributed by atoms with Crippen LogP contribution in [0.1, 0.15) is 5.56 Å². The van der Waals surface area contributed by atoms with E-state index in [0.717, 1.165) is 10.9 Å². The molecule has 0 spiro atoms. The topological polar surface area (TPSA) is 166 Å². The molecule has 2 aromatic rings. The lowest BCUT2D eigenvalue weighted by atomic mass is 10.0. The van der Waals surface area contributed by atoms with Crippen molar-refractivity contribution in [1.29, 1.82) is 0 Å². The number of aromatic amines is 1. The fourth-order valence-corrected chi connectivity index (χ4v) is 2.24. The zero-order chi connectivity index (χ0) is 17.9. The number of carbonyl (C=O) groups is 3. The summed E-state index contributed by atoms with van der Waals surface area (Å²) in [5.41, 5.74) is 1.35. The number of aliphatic hydroxyl groups excluding tert-OH is 2. The van der Waals surface area contributed by atoms with E-state index in [1.807, 2.05) is 5.32 Å². The summed E-state index contributed by atoms with van der Waals surface area (Å²) >= 11 is 0. The molecule has 1 amide bonds. The highest BCUT2D eigenvalue weighted by Gasteiger charge is 2.27. The lowest BCUT2D eigenvalue weighted by Crippen LogP contribution is -2.56. The summed E-state index contributed by atoms with van der Waals surface area (Å²) in [5, 5.41) is 42.8. The van der Waals surface area contributed by atoms with Gasteiger partial charge >= 0.3 is 0 Å². The lowest BCUT2D eigenvalue weighted by molar-refractivity contribution is -0.317. The molecule has 1 aromatic carbocycles. The second-order valence-corrected chi connectivity index (χ2v) is 5.15. The van der Waals surface area contributed by atoms with Crippen LogP contribution in [-0.4, -0.2) is 51.3 Å². The fraction of sp³-hybridized carbons (Fsp3) is 0.267. The highest BCUT2D eigenvalue weighted by molar-refractivity contribution is 5.90. The molecule has 0 saturated carbocycles. The maximum absolute atomic E-state index is 11.7. The fourth-order valence-electron chi connectivity index (χ4n) is 2.24. The number of aliphatic carboxylic acids is 2. The van der Waals surface area contributed by atoms with Crippen molar-refractivity contribution in [3.8, 4) is 0 Å². The van der Waals surface area contributed by atoms with E-state index in [0.29, 0.717) is 5.56 Å². The monoisotopic (exact) mass is 334 g/mol. The van der Waals surface area contributed by atoms with E-state index < -0.39 is 36.1 Å². The van der Waals surface area contributed by atoms with Crippen LogP contribution in [0.3, 0.4) is 0 Å². The molecular weight excluding hydrogens is 320 g/mol. The average Bonchev–Trinajstić information content (AvgIpc) is 2.95. The van der Waals surface area contributed by atoms with Crippen LogP contribution in [0.25, 0.3) is 10.9 Å². The number of rotatable bonds is 7. The van der Waals surface area contributed by atoms with Crippen molar-refractivity contribution in [1.82, 2.24) is 10.3 Å². The Kier molecular flexibility index (Phi) is 5.17. The second kappa shape index (κ2) is 7.11. The standard InChI is InChI=1S/C15H16N2O7/c18-11(12(19)15(23)24)13(20)17-10(14(21)22)5-7-6-16-9-4-2-1-3-8(7)9/h1-4,6,10-12,16,18-19H,5H2,(H,17,20)(H,21,22)(H,23,24)/p-2/t10-,11+,12-/m0/s1. The minimum atomic E-state index is -2.47. The van der Waals surface area contributed by atoms with Gasteiger partial charge in [0.2, 0.25) is 0 Å². The molecule has 128 valence electrons. The predicted octanol–water partition coefficient (Wildman–Crippen LogP) is -3.58. The van der Waals surface area contributed by atoms with Crippen molar-refractivity contribution in [2.24, 2.45) is 0 Å². The molecule has 0 bridgehead atoms. The zero-order valence-electron chi connectivity index (χ0n) is 12.3. The molecule has 24 heavy (non-hydrogen) atoms. The van der Waals surface area contributed by atoms with Gasteiger partial charge in [-0.1, -0.05) is 18.2 Å². The van der Waals surface area contributed by atoms with Crippen molar-refractivity contribution in [2.75, 3.05) is 0 Å². The Labute approximate surface area is 135 Å². The third-order valence-corrected chi connectivity index (χ3v) is 3.51. The molecule has 9 heteroatoms. The normalized spacial score (nSPS) is 14.8. The Morgan fingerprint density at radius 1 is 1.08 bits per heavy atom. The first-order valence-corrected chi connectivity index (χ1v) is 6.94. The molecule has 1 heterocycles. The first-order chi connectivity index (χ1) is 11.3. The number of fused-ring (bicyclic) bond motifs is 1. The summed E-state index contributed by atoms with van der Waals surface area (Å²) in [5.74, 6) is -5.04. The van der Waals surface area contributed by atoms with Crippen molar-refractivity contribution < 1.29 is 34.8 Å². The number of benzene rings is 1. The third-order valence-electron chi connectivity index (χ3n) is 3.51. The van der Waals surface area contributed by atoms with Crippen LogP contribution in [0.4, 0.5) is 0 Å². The number of para-hydroxylation sites is 1. The van der Waals surface area contributed by atoms with Gasteiger partial charge in [-0.15, -0.1) is 0 Å². The van der Waals surface area contributed by atoms with Gasteiger partial charge in [0.1, 0.15) is 6.10 Å². The first-order valence-electron chi connectivity index (χ1n) is 6.94. The zero-order valence-corrected chi connectivity index (χ0v) is 12.3. The van der Waals surface area contributed by atoms with Crippen LogP contribution in [0.5, 0.6) is 0 Å². The number of aromatic nitrogens is 1. The molecule has 4 N–H and O–H groups in total. The van der Waals surface area contributed by atoms with Crippen molar-refractivity contribution in [3.63, 3.8) is 0 Å². The SMILES string of the molecule is O=C([O-])[C@H](Cc1c[nH]c2ccccc12)NC(=O)[C@H](O)[C@H](O)C(=O)[O-]. The molecule has 2 rings (SSSR count).